The summed E-state index contributed by atoms with van der Waals surface area (Å²) in [6.07, 6.45) is 0.846. The van der Waals surface area contributed by atoms with Crippen LogP contribution in [0.25, 0.3) is 0 Å². The van der Waals surface area contributed by atoms with Gasteiger partial charge in [0.2, 0.25) is 5.91 Å². The van der Waals surface area contributed by atoms with E-state index in [4.69, 9.17) is 16.0 Å². The zero-order valence-electron chi connectivity index (χ0n) is 12.4. The summed E-state index contributed by atoms with van der Waals surface area (Å²) in [6.45, 7) is 5.88. The van der Waals surface area contributed by atoms with Gasteiger partial charge in [-0.1, -0.05) is 19.1 Å². The number of alkyl halides is 1. The lowest BCUT2D eigenvalue weighted by Gasteiger charge is -2.16. The number of carbonyl (C=O) groups is 1. The van der Waals surface area contributed by atoms with E-state index in [1.165, 1.54) is 0 Å². The van der Waals surface area contributed by atoms with Gasteiger partial charge < -0.3 is 9.73 Å². The van der Waals surface area contributed by atoms with E-state index < -0.39 is 5.41 Å². The van der Waals surface area contributed by atoms with Crippen LogP contribution in [0.2, 0.25) is 0 Å². The first-order valence-corrected chi connectivity index (χ1v) is 7.55. The van der Waals surface area contributed by atoms with Gasteiger partial charge in [0.25, 0.3) is 0 Å². The van der Waals surface area contributed by atoms with Crippen molar-refractivity contribution in [3.63, 3.8) is 0 Å². The summed E-state index contributed by atoms with van der Waals surface area (Å²) in [5.74, 6) is 1.68. The largest absolute Gasteiger partial charge is 0.464 e. The first-order valence-electron chi connectivity index (χ1n) is 7.12. The molecule has 1 unspecified atom stereocenters. The topological polar surface area (TPSA) is 42.2 Å². The van der Waals surface area contributed by atoms with Crippen molar-refractivity contribution < 1.29 is 9.21 Å². The van der Waals surface area contributed by atoms with Crippen molar-refractivity contribution in [2.24, 2.45) is 0 Å². The number of hydrogen-bond donors (Lipinski definition) is 1. The van der Waals surface area contributed by atoms with Crippen LogP contribution in [0.3, 0.4) is 0 Å². The van der Waals surface area contributed by atoms with Gasteiger partial charge in [-0.3, -0.25) is 4.79 Å². The molecule has 4 heteroatoms. The van der Waals surface area contributed by atoms with Gasteiger partial charge in [-0.25, -0.2) is 0 Å². The molecular formula is C17H18ClNO2. The number of furan rings is 1. The highest BCUT2D eigenvalue weighted by atomic mass is 35.5. The molecule has 110 valence electrons. The average Bonchev–Trinajstić information content (AvgIpc) is 3.02. The first kappa shape index (κ1) is 14.2. The highest BCUT2D eigenvalue weighted by Crippen LogP contribution is 2.40. The molecule has 3 rings (SSSR count). The molecule has 1 N–H and O–H groups in total. The normalized spacial score (nSPS) is 17.4. The minimum absolute atomic E-state index is 0.0204. The molecule has 1 aromatic heterocycles. The van der Waals surface area contributed by atoms with Crippen molar-refractivity contribution in [1.82, 2.24) is 0 Å². The molecule has 21 heavy (non-hydrogen) atoms. The molecule has 1 aromatic carbocycles. The fourth-order valence-corrected chi connectivity index (χ4v) is 2.88. The molecule has 1 aliphatic heterocycles. The van der Waals surface area contributed by atoms with Crippen LogP contribution in [-0.4, -0.2) is 5.91 Å². The maximum Gasteiger partial charge on any atom is 0.234 e. The molecule has 0 saturated carbocycles. The van der Waals surface area contributed by atoms with E-state index in [0.717, 1.165) is 34.8 Å². The summed E-state index contributed by atoms with van der Waals surface area (Å²) in [5, 5.41) is 2.56. The van der Waals surface area contributed by atoms with Crippen LogP contribution >= 0.6 is 11.6 Å². The van der Waals surface area contributed by atoms with Gasteiger partial charge in [0, 0.05) is 12.1 Å². The highest BCUT2D eigenvalue weighted by molar-refractivity contribution is 6.22. The Hall–Kier alpha value is -1.74. The van der Waals surface area contributed by atoms with Gasteiger partial charge in [0.05, 0.1) is 5.41 Å². The summed E-state index contributed by atoms with van der Waals surface area (Å²) in [4.78, 5) is 12.0. The molecule has 0 saturated heterocycles. The summed E-state index contributed by atoms with van der Waals surface area (Å²) in [5.41, 5.74) is 2.26. The summed E-state index contributed by atoms with van der Waals surface area (Å²) in [6, 6.07) is 9.72. The van der Waals surface area contributed by atoms with Crippen LogP contribution in [0.15, 0.2) is 34.7 Å². The molecule has 1 atom stereocenters. The maximum atomic E-state index is 12.0. The van der Waals surface area contributed by atoms with Gasteiger partial charge in [0.1, 0.15) is 16.9 Å². The van der Waals surface area contributed by atoms with Gasteiger partial charge >= 0.3 is 0 Å². The number of anilines is 1. The Balaban J connectivity index is 1.98. The van der Waals surface area contributed by atoms with Crippen molar-refractivity contribution >= 4 is 23.2 Å². The molecule has 0 fully saturated rings. The third-order valence-corrected chi connectivity index (χ3v) is 4.57. The number of aryl methyl sites for hydroxylation is 1. The lowest BCUT2D eigenvalue weighted by atomic mass is 9.85. The van der Waals surface area contributed by atoms with Crippen molar-refractivity contribution in [2.45, 2.75) is 38.0 Å². The van der Waals surface area contributed by atoms with Gasteiger partial charge in [-0.05, 0) is 43.2 Å². The molecular weight excluding hydrogens is 286 g/mol. The Kier molecular flexibility index (Phi) is 3.33. The van der Waals surface area contributed by atoms with Gasteiger partial charge in [-0.2, -0.15) is 0 Å². The van der Waals surface area contributed by atoms with Crippen LogP contribution in [0.4, 0.5) is 5.69 Å². The molecule has 2 aromatic rings. The zero-order valence-corrected chi connectivity index (χ0v) is 13.1. The van der Waals surface area contributed by atoms with Crippen molar-refractivity contribution in [2.75, 3.05) is 5.32 Å². The van der Waals surface area contributed by atoms with E-state index in [9.17, 15) is 4.79 Å². The SMILES string of the molecule is CCc1ccc(C(Cl)c2ccc3c(c2)C(C)(C)C(=O)N3)o1. The Morgan fingerprint density at radius 3 is 2.71 bits per heavy atom. The average molecular weight is 304 g/mol. The Morgan fingerprint density at radius 1 is 1.29 bits per heavy atom. The first-order chi connectivity index (χ1) is 9.93. The second kappa shape index (κ2) is 4.92. The number of carbonyl (C=O) groups excluding carboxylic acids is 1. The minimum atomic E-state index is -0.528. The van der Waals surface area contributed by atoms with Gasteiger partial charge in [0.15, 0.2) is 0 Å². The third-order valence-electron chi connectivity index (χ3n) is 4.11. The number of fused-ring (bicyclic) bond motifs is 1. The van der Waals surface area contributed by atoms with Crippen molar-refractivity contribution in [3.8, 4) is 0 Å². The molecule has 0 radical (unpaired) electrons. The van der Waals surface area contributed by atoms with Crippen LogP contribution in [-0.2, 0) is 16.6 Å². The van der Waals surface area contributed by atoms with Gasteiger partial charge in [-0.15, -0.1) is 11.6 Å². The number of nitrogens with one attached hydrogen (secondary N) is 1. The molecule has 1 amide bonds. The second-order valence-electron chi connectivity index (χ2n) is 5.90. The lowest BCUT2D eigenvalue weighted by Crippen LogP contribution is -2.26. The number of amides is 1. The van der Waals surface area contributed by atoms with Crippen LogP contribution < -0.4 is 5.32 Å². The summed E-state index contributed by atoms with van der Waals surface area (Å²) < 4.78 is 5.73. The van der Waals surface area contributed by atoms with E-state index in [2.05, 4.69) is 5.32 Å². The van der Waals surface area contributed by atoms with Crippen molar-refractivity contribution in [3.05, 3.63) is 53.0 Å². The van der Waals surface area contributed by atoms with E-state index >= 15 is 0 Å². The zero-order chi connectivity index (χ0) is 15.2. The molecule has 0 bridgehead atoms. The predicted octanol–water partition coefficient (Wildman–Crippen LogP) is 4.40. The number of hydrogen-bond acceptors (Lipinski definition) is 2. The summed E-state index contributed by atoms with van der Waals surface area (Å²) in [7, 11) is 0. The minimum Gasteiger partial charge on any atom is -0.464 e. The molecule has 1 aliphatic rings. The number of rotatable bonds is 3. The van der Waals surface area contributed by atoms with Crippen LogP contribution in [0.1, 0.15) is 48.8 Å². The standard InChI is InChI=1S/C17H18ClNO2/c1-4-11-6-8-14(21-11)15(18)10-5-7-13-12(9-10)17(2,3)16(20)19-13/h5-9,15H,4H2,1-3H3,(H,19,20). The maximum absolute atomic E-state index is 12.0. The fourth-order valence-electron chi connectivity index (χ4n) is 2.63. The predicted molar refractivity (Wildman–Crippen MR) is 83.9 cm³/mol. The second-order valence-corrected chi connectivity index (χ2v) is 6.34. The van der Waals surface area contributed by atoms with E-state index in [1.54, 1.807) is 0 Å². The van der Waals surface area contributed by atoms with E-state index in [-0.39, 0.29) is 11.3 Å². The molecule has 0 spiro atoms. The molecule has 3 nitrogen and oxygen atoms in total. The number of halogens is 1. The van der Waals surface area contributed by atoms with Crippen LogP contribution in [0, 0.1) is 0 Å². The quantitative estimate of drug-likeness (QED) is 0.854. The Morgan fingerprint density at radius 2 is 2.05 bits per heavy atom. The Labute approximate surface area is 129 Å². The number of benzene rings is 1. The Bertz CT molecular complexity index is 703. The lowest BCUT2D eigenvalue weighted by molar-refractivity contribution is -0.119. The van der Waals surface area contributed by atoms with E-state index in [1.807, 2.05) is 51.1 Å². The van der Waals surface area contributed by atoms with E-state index in [0.29, 0.717) is 0 Å². The molecule has 0 aliphatic carbocycles. The molecule has 2 heterocycles. The van der Waals surface area contributed by atoms with Crippen molar-refractivity contribution in [1.29, 1.82) is 0 Å². The highest BCUT2D eigenvalue weighted by Gasteiger charge is 2.38. The third kappa shape index (κ3) is 2.26. The smallest absolute Gasteiger partial charge is 0.234 e. The summed E-state index contributed by atoms with van der Waals surface area (Å²) >= 11 is 6.53. The van der Waals surface area contributed by atoms with Crippen LogP contribution in [0.5, 0.6) is 0 Å². The fraction of sp³-hybridized carbons (Fsp3) is 0.353. The monoisotopic (exact) mass is 303 g/mol.